The molecule has 0 aliphatic rings. The first-order valence-electron chi connectivity index (χ1n) is 8.64. The summed E-state index contributed by atoms with van der Waals surface area (Å²) in [5.41, 5.74) is 0.535. The minimum atomic E-state index is -0.962. The molecule has 0 saturated carbocycles. The number of amides is 2. The number of nitriles is 1. The van der Waals surface area contributed by atoms with Crippen LogP contribution >= 0.6 is 0 Å². The molecule has 0 aliphatic carbocycles. The zero-order valence-electron chi connectivity index (χ0n) is 15.5. The van der Waals surface area contributed by atoms with Gasteiger partial charge in [-0.1, -0.05) is 12.1 Å². The summed E-state index contributed by atoms with van der Waals surface area (Å²) in [5, 5.41) is 13.7. The average molecular weight is 377 g/mol. The minimum Gasteiger partial charge on any atom is -0.467 e. The van der Waals surface area contributed by atoms with Crippen LogP contribution in [0, 0.1) is 17.1 Å². The van der Waals surface area contributed by atoms with E-state index in [1.165, 1.54) is 32.2 Å². The van der Waals surface area contributed by atoms with Gasteiger partial charge in [0, 0.05) is 19.8 Å². The molecule has 0 bridgehead atoms. The Kier molecular flexibility index (Phi) is 9.51. The molecule has 0 unspecified atom stereocenters. The number of esters is 1. The average Bonchev–Trinajstić information content (AvgIpc) is 2.62. The van der Waals surface area contributed by atoms with E-state index in [9.17, 15) is 18.8 Å². The van der Waals surface area contributed by atoms with Crippen LogP contribution in [0.3, 0.4) is 0 Å². The van der Waals surface area contributed by atoms with Crippen molar-refractivity contribution in [3.8, 4) is 6.07 Å². The third-order valence-electron chi connectivity index (χ3n) is 3.86. The second kappa shape index (κ2) is 11.6. The number of halogens is 1. The predicted octanol–water partition coefficient (Wildman–Crippen LogP) is 1.61. The minimum absolute atomic E-state index is 0.0749. The van der Waals surface area contributed by atoms with E-state index in [0.29, 0.717) is 31.2 Å². The van der Waals surface area contributed by atoms with Gasteiger partial charge >= 0.3 is 5.97 Å². The molecule has 146 valence electrons. The lowest BCUT2D eigenvalue weighted by atomic mass is 10.0. The van der Waals surface area contributed by atoms with Crippen LogP contribution in [-0.2, 0) is 25.5 Å². The molecule has 8 heteroatoms. The van der Waals surface area contributed by atoms with Crippen LogP contribution in [0.5, 0.6) is 0 Å². The Balaban J connectivity index is 2.83. The maximum atomic E-state index is 13.4. The first-order valence-corrected chi connectivity index (χ1v) is 8.64. The van der Waals surface area contributed by atoms with Crippen molar-refractivity contribution in [3.05, 3.63) is 35.6 Å². The quantitative estimate of drug-likeness (QED) is 0.476. The Morgan fingerprint density at radius 3 is 2.56 bits per heavy atom. The monoisotopic (exact) mass is 377 g/mol. The number of methoxy groups -OCH3 is 1. The number of unbranched alkanes of at least 4 members (excludes halogenated alkanes) is 2. The maximum absolute atomic E-state index is 13.4. The summed E-state index contributed by atoms with van der Waals surface area (Å²) in [6.45, 7) is 1.27. The predicted molar refractivity (Wildman–Crippen MR) is 95.7 cm³/mol. The van der Waals surface area contributed by atoms with Gasteiger partial charge in [0.05, 0.1) is 13.2 Å². The molecule has 2 amide bonds. The molecule has 0 heterocycles. The van der Waals surface area contributed by atoms with Crippen LogP contribution < -0.4 is 10.6 Å². The van der Waals surface area contributed by atoms with Crippen molar-refractivity contribution in [2.24, 2.45) is 0 Å². The van der Waals surface area contributed by atoms with Crippen molar-refractivity contribution in [3.63, 3.8) is 0 Å². The number of hydrogen-bond acceptors (Lipinski definition) is 5. The lowest BCUT2D eigenvalue weighted by Gasteiger charge is -2.22. The lowest BCUT2D eigenvalue weighted by Crippen LogP contribution is -2.52. The van der Waals surface area contributed by atoms with Gasteiger partial charge in [-0.3, -0.25) is 9.59 Å². The Bertz CT molecular complexity index is 702. The smallest absolute Gasteiger partial charge is 0.328 e. The summed E-state index contributed by atoms with van der Waals surface area (Å²) >= 11 is 0. The standard InChI is InChI=1S/C19H24FN3O4/c1-13(24)22-17(12-14-7-6-8-15(20)11-14)18(25)23-16(19(26)27-2)9-4-3-5-10-21/h6-8,11,16-17H,3-5,9,12H2,1-2H3,(H,22,24)(H,23,25)/t16-,17+/m1/s1. The van der Waals surface area contributed by atoms with E-state index in [2.05, 4.69) is 10.6 Å². The number of carbonyl (C=O) groups is 3. The van der Waals surface area contributed by atoms with E-state index in [-0.39, 0.29) is 6.42 Å². The molecule has 0 fully saturated rings. The fourth-order valence-corrected chi connectivity index (χ4v) is 2.57. The third-order valence-corrected chi connectivity index (χ3v) is 3.86. The van der Waals surface area contributed by atoms with E-state index in [1.807, 2.05) is 6.07 Å². The fraction of sp³-hybridized carbons (Fsp3) is 0.474. The highest BCUT2D eigenvalue weighted by molar-refractivity contribution is 5.90. The molecule has 0 saturated heterocycles. The van der Waals surface area contributed by atoms with E-state index in [0.717, 1.165) is 0 Å². The van der Waals surface area contributed by atoms with Crippen molar-refractivity contribution < 1.29 is 23.5 Å². The summed E-state index contributed by atoms with van der Waals surface area (Å²) in [6.07, 6.45) is 1.90. The van der Waals surface area contributed by atoms with Gasteiger partial charge in [-0.25, -0.2) is 9.18 Å². The van der Waals surface area contributed by atoms with Gasteiger partial charge in [-0.05, 0) is 37.0 Å². The Labute approximate surface area is 157 Å². The number of nitrogens with one attached hydrogen (secondary N) is 2. The molecular formula is C19H24FN3O4. The highest BCUT2D eigenvalue weighted by atomic mass is 19.1. The molecule has 0 spiro atoms. The first-order chi connectivity index (χ1) is 12.9. The molecular weight excluding hydrogens is 353 g/mol. The van der Waals surface area contributed by atoms with E-state index in [1.54, 1.807) is 6.07 Å². The molecule has 1 aromatic carbocycles. The molecule has 1 rings (SSSR count). The summed E-state index contributed by atoms with van der Waals surface area (Å²) in [7, 11) is 1.22. The number of nitrogens with zero attached hydrogens (tertiary/aromatic N) is 1. The molecule has 0 radical (unpaired) electrons. The fourth-order valence-electron chi connectivity index (χ4n) is 2.57. The highest BCUT2D eigenvalue weighted by Gasteiger charge is 2.26. The van der Waals surface area contributed by atoms with Crippen molar-refractivity contribution in [1.82, 2.24) is 10.6 Å². The van der Waals surface area contributed by atoms with Crippen molar-refractivity contribution in [2.75, 3.05) is 7.11 Å². The van der Waals surface area contributed by atoms with Gasteiger partial charge < -0.3 is 15.4 Å². The van der Waals surface area contributed by atoms with Gasteiger partial charge in [0.25, 0.3) is 0 Å². The summed E-state index contributed by atoms with van der Waals surface area (Å²) in [4.78, 5) is 36.0. The second-order valence-corrected chi connectivity index (χ2v) is 6.08. The summed E-state index contributed by atoms with van der Waals surface area (Å²) < 4.78 is 18.1. The zero-order valence-corrected chi connectivity index (χ0v) is 15.5. The van der Waals surface area contributed by atoms with Crippen LogP contribution in [0.25, 0.3) is 0 Å². The molecule has 0 aliphatic heterocycles. The van der Waals surface area contributed by atoms with Crippen LogP contribution in [0.1, 0.15) is 38.2 Å². The normalized spacial score (nSPS) is 12.4. The van der Waals surface area contributed by atoms with Gasteiger partial charge in [0.15, 0.2) is 0 Å². The van der Waals surface area contributed by atoms with E-state index in [4.69, 9.17) is 10.00 Å². The Hall–Kier alpha value is -2.95. The molecule has 2 N–H and O–H groups in total. The number of ether oxygens (including phenoxy) is 1. The van der Waals surface area contributed by atoms with Crippen LogP contribution in [0.2, 0.25) is 0 Å². The molecule has 0 aromatic heterocycles. The number of rotatable bonds is 10. The van der Waals surface area contributed by atoms with Gasteiger partial charge in [0.1, 0.15) is 17.9 Å². The molecule has 1 aromatic rings. The zero-order chi connectivity index (χ0) is 20.2. The van der Waals surface area contributed by atoms with E-state index >= 15 is 0 Å². The van der Waals surface area contributed by atoms with Crippen molar-refractivity contribution in [1.29, 1.82) is 5.26 Å². The molecule has 27 heavy (non-hydrogen) atoms. The number of hydrogen-bond donors (Lipinski definition) is 2. The van der Waals surface area contributed by atoms with E-state index < -0.39 is 35.7 Å². The molecule has 2 atom stereocenters. The van der Waals surface area contributed by atoms with Gasteiger partial charge in [-0.15, -0.1) is 0 Å². The van der Waals surface area contributed by atoms with Crippen molar-refractivity contribution >= 4 is 17.8 Å². The summed E-state index contributed by atoms with van der Waals surface area (Å²) in [5.74, 6) is -2.03. The maximum Gasteiger partial charge on any atom is 0.328 e. The molecule has 7 nitrogen and oxygen atoms in total. The number of benzene rings is 1. The third kappa shape index (κ3) is 8.31. The van der Waals surface area contributed by atoms with Crippen molar-refractivity contribution in [2.45, 2.75) is 51.1 Å². The van der Waals surface area contributed by atoms with Gasteiger partial charge in [-0.2, -0.15) is 5.26 Å². The second-order valence-electron chi connectivity index (χ2n) is 6.08. The lowest BCUT2D eigenvalue weighted by molar-refractivity contribution is -0.145. The largest absolute Gasteiger partial charge is 0.467 e. The SMILES string of the molecule is COC(=O)[C@@H](CCCCC#N)NC(=O)[C@H](Cc1cccc(F)c1)NC(C)=O. The Morgan fingerprint density at radius 1 is 1.22 bits per heavy atom. The number of carbonyl (C=O) groups excluding carboxylic acids is 3. The summed E-state index contributed by atoms with van der Waals surface area (Å²) in [6, 6.07) is 5.89. The first kappa shape index (κ1) is 22.1. The highest BCUT2D eigenvalue weighted by Crippen LogP contribution is 2.09. The van der Waals surface area contributed by atoms with Crippen LogP contribution in [-0.4, -0.2) is 37.0 Å². The van der Waals surface area contributed by atoms with Crippen LogP contribution in [0.4, 0.5) is 4.39 Å². The Morgan fingerprint density at radius 2 is 1.96 bits per heavy atom. The van der Waals surface area contributed by atoms with Gasteiger partial charge in [0.2, 0.25) is 11.8 Å². The topological polar surface area (TPSA) is 108 Å². The van der Waals surface area contributed by atoms with Crippen LogP contribution in [0.15, 0.2) is 24.3 Å².